The maximum Gasteiger partial charge on any atom is 0.0930 e. The summed E-state index contributed by atoms with van der Waals surface area (Å²) < 4.78 is 0. The highest BCUT2D eigenvalue weighted by atomic mass is 16.4. The molecule has 0 spiro atoms. The van der Waals surface area contributed by atoms with Gasteiger partial charge >= 0.3 is 0 Å². The van der Waals surface area contributed by atoms with Crippen molar-refractivity contribution in [3.63, 3.8) is 0 Å². The van der Waals surface area contributed by atoms with E-state index in [4.69, 9.17) is 0 Å². The molecule has 5 fully saturated rings. The monoisotopic (exact) mass is 456 g/mol. The Morgan fingerprint density at radius 1 is 0.848 bits per heavy atom. The van der Waals surface area contributed by atoms with Gasteiger partial charge < -0.3 is 10.2 Å². The van der Waals surface area contributed by atoms with Gasteiger partial charge in [-0.15, -0.1) is 0 Å². The van der Waals surface area contributed by atoms with Gasteiger partial charge in [0.15, 0.2) is 0 Å². The van der Waals surface area contributed by atoms with Crippen molar-refractivity contribution in [2.24, 2.45) is 51.2 Å². The lowest BCUT2D eigenvalue weighted by Gasteiger charge is -2.72. The third-order valence-electron chi connectivity index (χ3n) is 13.7. The molecule has 0 saturated heterocycles. The molecule has 2 nitrogen and oxygen atoms in total. The van der Waals surface area contributed by atoms with Crippen molar-refractivity contribution < 1.29 is 10.2 Å². The number of hydrogen-bond donors (Lipinski definition) is 2. The molecule has 0 bridgehead atoms. The quantitative estimate of drug-likeness (QED) is 0.422. The van der Waals surface area contributed by atoms with Crippen LogP contribution in [0.2, 0.25) is 0 Å². The van der Waals surface area contributed by atoms with Crippen LogP contribution in [0.5, 0.6) is 0 Å². The van der Waals surface area contributed by atoms with Gasteiger partial charge in [0.25, 0.3) is 0 Å². The summed E-state index contributed by atoms with van der Waals surface area (Å²) in [5.74, 6) is 3.65. The van der Waals surface area contributed by atoms with Crippen LogP contribution in [0.25, 0.3) is 0 Å². The second-order valence-corrected chi connectivity index (χ2v) is 15.3. The smallest absolute Gasteiger partial charge is 0.0930 e. The minimum absolute atomic E-state index is 0.294. The van der Waals surface area contributed by atoms with Gasteiger partial charge in [-0.2, -0.15) is 0 Å². The predicted molar refractivity (Wildman–Crippen MR) is 137 cm³/mol. The highest BCUT2D eigenvalue weighted by molar-refractivity contribution is 5.20. The fourth-order valence-electron chi connectivity index (χ4n) is 11.2. The van der Waals surface area contributed by atoms with Gasteiger partial charge in [-0.05, 0) is 143 Å². The molecule has 0 aromatic heterocycles. The van der Waals surface area contributed by atoms with Crippen molar-refractivity contribution in [3.05, 3.63) is 12.2 Å². The van der Waals surface area contributed by atoms with Crippen molar-refractivity contribution in [3.8, 4) is 0 Å². The van der Waals surface area contributed by atoms with Crippen molar-refractivity contribution in [2.45, 2.75) is 130 Å². The molecule has 188 valence electrons. The first-order valence-electron chi connectivity index (χ1n) is 14.2. The van der Waals surface area contributed by atoms with Crippen LogP contribution in [0.3, 0.4) is 0 Å². The lowest BCUT2D eigenvalue weighted by Crippen LogP contribution is -2.66. The van der Waals surface area contributed by atoms with Crippen LogP contribution >= 0.6 is 0 Å². The van der Waals surface area contributed by atoms with E-state index in [1.165, 1.54) is 56.9 Å². The SMILES string of the molecule is C=C(C)[C@H]1CC[C@@]2(C)CC[C@]3(C)[C@H](CC[C@H]4[C@@]5(C)CC[C@](O)(C(C)(C)O)C[C@H]5CC[C@@]43C)[C@@H]12. The molecular weight excluding hydrogens is 404 g/mol. The Hall–Kier alpha value is -0.340. The van der Waals surface area contributed by atoms with E-state index in [1.807, 2.05) is 13.8 Å². The van der Waals surface area contributed by atoms with E-state index in [0.29, 0.717) is 27.6 Å². The Bertz CT molecular complexity index is 825. The Morgan fingerprint density at radius 2 is 1.55 bits per heavy atom. The summed E-state index contributed by atoms with van der Waals surface area (Å²) in [5.41, 5.74) is 1.10. The van der Waals surface area contributed by atoms with E-state index in [1.54, 1.807) is 0 Å². The lowest BCUT2D eigenvalue weighted by molar-refractivity contribution is -0.247. The minimum Gasteiger partial charge on any atom is -0.387 e. The molecule has 0 aromatic rings. The maximum atomic E-state index is 11.4. The molecule has 5 aliphatic rings. The molecule has 0 aromatic carbocycles. The van der Waals surface area contributed by atoms with Crippen molar-refractivity contribution in [1.29, 1.82) is 0 Å². The number of rotatable bonds is 2. The largest absolute Gasteiger partial charge is 0.387 e. The van der Waals surface area contributed by atoms with E-state index < -0.39 is 11.2 Å². The van der Waals surface area contributed by atoms with Gasteiger partial charge in [0, 0.05) is 0 Å². The first-order valence-corrected chi connectivity index (χ1v) is 14.2. The Balaban J connectivity index is 1.49. The van der Waals surface area contributed by atoms with Crippen LogP contribution in [0, 0.1) is 51.2 Å². The average Bonchev–Trinajstić information content (AvgIpc) is 3.07. The van der Waals surface area contributed by atoms with Crippen LogP contribution in [0.1, 0.15) is 119 Å². The summed E-state index contributed by atoms with van der Waals surface area (Å²) in [7, 11) is 0. The fraction of sp³-hybridized carbons (Fsp3) is 0.935. The molecular formula is C31H52O2. The number of hydrogen-bond acceptors (Lipinski definition) is 2. The molecule has 2 N–H and O–H groups in total. The normalized spacial score (nSPS) is 56.3. The molecule has 0 amide bonds. The van der Waals surface area contributed by atoms with Gasteiger partial charge in [0.05, 0.1) is 11.2 Å². The van der Waals surface area contributed by atoms with Crippen molar-refractivity contribution in [1.82, 2.24) is 0 Å². The zero-order chi connectivity index (χ0) is 24.2. The van der Waals surface area contributed by atoms with Crippen molar-refractivity contribution in [2.75, 3.05) is 0 Å². The second kappa shape index (κ2) is 7.12. The zero-order valence-electron chi connectivity index (χ0n) is 22.8. The molecule has 5 aliphatic carbocycles. The summed E-state index contributed by atoms with van der Waals surface area (Å²) in [6.45, 7) is 21.0. The second-order valence-electron chi connectivity index (χ2n) is 15.3. The highest BCUT2D eigenvalue weighted by Crippen LogP contribution is 2.76. The van der Waals surface area contributed by atoms with E-state index in [-0.39, 0.29) is 0 Å². The highest BCUT2D eigenvalue weighted by Gasteiger charge is 2.69. The van der Waals surface area contributed by atoms with Crippen LogP contribution < -0.4 is 0 Å². The molecule has 10 atom stereocenters. The number of allylic oxidation sites excluding steroid dienone is 1. The minimum atomic E-state index is -1.02. The third kappa shape index (κ3) is 3.04. The average molecular weight is 457 g/mol. The molecule has 5 rings (SSSR count). The first-order chi connectivity index (χ1) is 15.1. The lowest BCUT2D eigenvalue weighted by atomic mass is 9.33. The summed E-state index contributed by atoms with van der Waals surface area (Å²) in [6, 6.07) is 0. The van der Waals surface area contributed by atoms with E-state index in [2.05, 4.69) is 41.2 Å². The molecule has 2 heteroatoms. The first kappa shape index (κ1) is 24.4. The molecule has 0 unspecified atom stereocenters. The third-order valence-corrected chi connectivity index (χ3v) is 13.7. The topological polar surface area (TPSA) is 40.5 Å². The molecule has 33 heavy (non-hydrogen) atoms. The van der Waals surface area contributed by atoms with Crippen LogP contribution in [-0.2, 0) is 0 Å². The van der Waals surface area contributed by atoms with Gasteiger partial charge in [-0.3, -0.25) is 0 Å². The van der Waals surface area contributed by atoms with Gasteiger partial charge in [0.2, 0.25) is 0 Å². The number of aliphatic hydroxyl groups is 2. The van der Waals surface area contributed by atoms with Crippen molar-refractivity contribution >= 4 is 0 Å². The molecule has 0 radical (unpaired) electrons. The molecule has 0 heterocycles. The van der Waals surface area contributed by atoms with Crippen LogP contribution in [0.4, 0.5) is 0 Å². The van der Waals surface area contributed by atoms with Crippen LogP contribution in [0.15, 0.2) is 12.2 Å². The van der Waals surface area contributed by atoms with E-state index in [0.717, 1.165) is 42.9 Å². The van der Waals surface area contributed by atoms with Gasteiger partial charge in [0.1, 0.15) is 0 Å². The van der Waals surface area contributed by atoms with E-state index >= 15 is 0 Å². The zero-order valence-corrected chi connectivity index (χ0v) is 22.8. The Labute approximate surface area is 204 Å². The Kier molecular flexibility index (Phi) is 5.25. The standard InChI is InChI=1S/C31H52O2/c1-20(2)22-12-13-27(5)15-17-29(7)23(25(22)27)9-10-24-28(6)16-18-31(33,26(3,4)32)19-21(28)11-14-30(24,29)8/h21-25,32-33H,1,9-19H2,2-8H3/t21-,22-,23-,24+,25-,27+,28+,29-,30+,31-/m1/s1. The van der Waals surface area contributed by atoms with E-state index in [9.17, 15) is 10.2 Å². The molecule has 0 aliphatic heterocycles. The predicted octanol–water partition coefficient (Wildman–Crippen LogP) is 7.53. The van der Waals surface area contributed by atoms with Gasteiger partial charge in [-0.25, -0.2) is 0 Å². The summed E-state index contributed by atoms with van der Waals surface area (Å²) in [5, 5.41) is 22.2. The summed E-state index contributed by atoms with van der Waals surface area (Å²) in [6.07, 6.45) is 13.4. The van der Waals surface area contributed by atoms with Gasteiger partial charge in [-0.1, -0.05) is 39.8 Å². The summed E-state index contributed by atoms with van der Waals surface area (Å²) in [4.78, 5) is 0. The number of fused-ring (bicyclic) bond motifs is 7. The Morgan fingerprint density at radius 3 is 2.18 bits per heavy atom. The van der Waals surface area contributed by atoms with Crippen LogP contribution in [-0.4, -0.2) is 21.4 Å². The fourth-order valence-corrected chi connectivity index (χ4v) is 11.2. The molecule has 5 saturated carbocycles. The maximum absolute atomic E-state index is 11.4. The summed E-state index contributed by atoms with van der Waals surface area (Å²) >= 11 is 0.